The molecule has 0 radical (unpaired) electrons. The van der Waals surface area contributed by atoms with Gasteiger partial charge in [-0.15, -0.1) is 11.3 Å². The first-order valence-electron chi connectivity index (χ1n) is 19.0. The maximum absolute atomic E-state index is 7.52. The highest BCUT2D eigenvalue weighted by Crippen LogP contribution is 2.43. The Morgan fingerprint density at radius 3 is 1.46 bits per heavy atom. The summed E-state index contributed by atoms with van der Waals surface area (Å²) in [5.41, 5.74) is 10.3. The van der Waals surface area contributed by atoms with E-state index in [1.807, 2.05) is 24.3 Å². The molecule has 0 atom stereocenters. The van der Waals surface area contributed by atoms with Crippen LogP contribution in [0.4, 0.5) is 5.69 Å². The largest absolute Gasteiger partial charge is 0.238 e. The van der Waals surface area contributed by atoms with Crippen LogP contribution in [0.2, 0.25) is 0 Å². The summed E-state index contributed by atoms with van der Waals surface area (Å²) in [5, 5.41) is 9.39. The van der Waals surface area contributed by atoms with Crippen molar-refractivity contribution in [1.29, 1.82) is 0 Å². The zero-order valence-corrected chi connectivity index (χ0v) is 31.5. The van der Waals surface area contributed by atoms with Crippen molar-refractivity contribution < 1.29 is 0 Å². The monoisotopic (exact) mass is 741 g/mol. The zero-order valence-electron chi connectivity index (χ0n) is 30.6. The molecule has 0 N–H and O–H groups in total. The number of hydrogen-bond donors (Lipinski definition) is 0. The molecule has 57 heavy (non-hydrogen) atoms. The molecule has 0 spiro atoms. The lowest BCUT2D eigenvalue weighted by molar-refractivity contribution is 1.19. The lowest BCUT2D eigenvalue weighted by Crippen LogP contribution is -1.97. The second-order valence-corrected chi connectivity index (χ2v) is 15.5. The standard InChI is InChI=1S/C53H31N3S/c1-54-38-25-27-52-47(29-38)46-28-37(24-26-51(46)57-52)33-20-22-34(23-21-33)43-30-44-41-18-10-11-19-42(41)48(31-45(44)40-17-9-8-16-39(40)43)53-55-49(35-12-4-2-5-13-35)32-50(56-53)36-14-6-3-7-15-36/h2-32H. The molecule has 9 aromatic carbocycles. The van der Waals surface area contributed by atoms with Gasteiger partial charge in [-0.05, 0) is 102 Å². The van der Waals surface area contributed by atoms with Crippen molar-refractivity contribution in [3.8, 4) is 56.2 Å². The molecule has 0 saturated carbocycles. The summed E-state index contributed by atoms with van der Waals surface area (Å²) in [6.07, 6.45) is 0. The number of aromatic nitrogens is 2. The normalized spacial score (nSPS) is 11.5. The van der Waals surface area contributed by atoms with Crippen LogP contribution in [0.15, 0.2) is 188 Å². The fourth-order valence-electron chi connectivity index (χ4n) is 8.31. The Hall–Kier alpha value is -7.45. The van der Waals surface area contributed by atoms with Gasteiger partial charge in [0.15, 0.2) is 11.5 Å². The van der Waals surface area contributed by atoms with Crippen molar-refractivity contribution in [2.24, 2.45) is 0 Å². The van der Waals surface area contributed by atoms with Crippen molar-refractivity contribution in [1.82, 2.24) is 9.97 Å². The lowest BCUT2D eigenvalue weighted by atomic mass is 9.88. The molecule has 0 unspecified atom stereocenters. The molecule has 0 aliphatic heterocycles. The molecule has 0 saturated heterocycles. The van der Waals surface area contributed by atoms with Gasteiger partial charge < -0.3 is 0 Å². The molecule has 0 aliphatic rings. The summed E-state index contributed by atoms with van der Waals surface area (Å²) in [4.78, 5) is 14.2. The van der Waals surface area contributed by atoms with Gasteiger partial charge in [0.1, 0.15) is 0 Å². The highest BCUT2D eigenvalue weighted by Gasteiger charge is 2.18. The molecule has 2 aromatic heterocycles. The topological polar surface area (TPSA) is 30.1 Å². The molecule has 11 rings (SSSR count). The quantitative estimate of drug-likeness (QED) is 0.130. The Morgan fingerprint density at radius 1 is 0.351 bits per heavy atom. The minimum Gasteiger partial charge on any atom is -0.238 e. The third-order valence-corrected chi connectivity index (χ3v) is 12.3. The molecule has 264 valence electrons. The lowest BCUT2D eigenvalue weighted by Gasteiger charge is -2.16. The van der Waals surface area contributed by atoms with E-state index in [1.54, 1.807) is 11.3 Å². The molecule has 11 aromatic rings. The Morgan fingerprint density at radius 2 is 0.842 bits per heavy atom. The first-order chi connectivity index (χ1) is 28.2. The van der Waals surface area contributed by atoms with Gasteiger partial charge in [0.25, 0.3) is 0 Å². The van der Waals surface area contributed by atoms with Crippen LogP contribution < -0.4 is 0 Å². The van der Waals surface area contributed by atoms with Gasteiger partial charge in [0, 0.05) is 26.1 Å². The zero-order chi connectivity index (χ0) is 37.9. The predicted octanol–water partition coefficient (Wildman–Crippen LogP) is 15.2. The predicted molar refractivity (Wildman–Crippen MR) is 241 cm³/mol. The van der Waals surface area contributed by atoms with Crippen molar-refractivity contribution in [3.05, 3.63) is 199 Å². The summed E-state index contributed by atoms with van der Waals surface area (Å²) in [6, 6.07) is 66.6. The Kier molecular flexibility index (Phi) is 7.74. The van der Waals surface area contributed by atoms with Crippen LogP contribution in [0.5, 0.6) is 0 Å². The van der Waals surface area contributed by atoms with E-state index in [-0.39, 0.29) is 0 Å². The second kappa shape index (κ2) is 13.4. The Bertz CT molecular complexity index is 3340. The van der Waals surface area contributed by atoms with Gasteiger partial charge in [0.2, 0.25) is 0 Å². The smallest absolute Gasteiger partial charge is 0.187 e. The van der Waals surface area contributed by atoms with Crippen LogP contribution in [-0.2, 0) is 0 Å². The van der Waals surface area contributed by atoms with Gasteiger partial charge in [-0.3, -0.25) is 0 Å². The minimum absolute atomic E-state index is 0.673. The third kappa shape index (κ3) is 5.64. The van der Waals surface area contributed by atoms with Gasteiger partial charge in [-0.1, -0.05) is 152 Å². The van der Waals surface area contributed by atoms with E-state index in [2.05, 4.69) is 169 Å². The van der Waals surface area contributed by atoms with Gasteiger partial charge >= 0.3 is 0 Å². The van der Waals surface area contributed by atoms with E-state index < -0.39 is 0 Å². The molecule has 2 heterocycles. The molecule has 0 fully saturated rings. The van der Waals surface area contributed by atoms with Crippen LogP contribution in [0.3, 0.4) is 0 Å². The van der Waals surface area contributed by atoms with Crippen LogP contribution in [0, 0.1) is 6.57 Å². The highest BCUT2D eigenvalue weighted by atomic mass is 32.1. The average Bonchev–Trinajstić information content (AvgIpc) is 3.66. The maximum atomic E-state index is 7.52. The Labute approximate surface area is 333 Å². The molecule has 0 aliphatic carbocycles. The first kappa shape index (κ1) is 32.9. The highest BCUT2D eigenvalue weighted by molar-refractivity contribution is 7.25. The minimum atomic E-state index is 0.673. The summed E-state index contributed by atoms with van der Waals surface area (Å²) < 4.78 is 2.44. The SMILES string of the molecule is [C-]#[N+]c1ccc2sc3ccc(-c4ccc(-c5cc6c7ccccc7c(-c7nc(-c8ccccc8)cc(-c8ccccc8)n7)cc6c6ccccc56)cc4)cc3c2c1. The molecule has 0 bridgehead atoms. The number of benzene rings is 9. The fourth-order valence-corrected chi connectivity index (χ4v) is 9.38. The Balaban J connectivity index is 1.07. The third-order valence-electron chi connectivity index (χ3n) is 11.1. The second-order valence-electron chi connectivity index (χ2n) is 14.4. The van der Waals surface area contributed by atoms with Crippen molar-refractivity contribution in [2.75, 3.05) is 0 Å². The summed E-state index contributed by atoms with van der Waals surface area (Å²) in [5.74, 6) is 0.706. The van der Waals surface area contributed by atoms with Crippen LogP contribution in [0.1, 0.15) is 0 Å². The molecule has 4 heteroatoms. The molecular weight excluding hydrogens is 711 g/mol. The van der Waals surface area contributed by atoms with E-state index in [1.165, 1.54) is 52.8 Å². The number of hydrogen-bond acceptors (Lipinski definition) is 3. The van der Waals surface area contributed by atoms with Crippen molar-refractivity contribution in [2.45, 2.75) is 0 Å². The van der Waals surface area contributed by atoms with Crippen molar-refractivity contribution >= 4 is 69.5 Å². The number of fused-ring (bicyclic) bond motifs is 8. The van der Waals surface area contributed by atoms with Gasteiger partial charge in [0.05, 0.1) is 18.0 Å². The fraction of sp³-hybridized carbons (Fsp3) is 0. The van der Waals surface area contributed by atoms with Crippen molar-refractivity contribution in [3.63, 3.8) is 0 Å². The number of rotatable bonds is 5. The molecule has 3 nitrogen and oxygen atoms in total. The summed E-state index contributed by atoms with van der Waals surface area (Å²) >= 11 is 1.78. The van der Waals surface area contributed by atoms with Crippen LogP contribution >= 0.6 is 11.3 Å². The summed E-state index contributed by atoms with van der Waals surface area (Å²) in [7, 11) is 0. The summed E-state index contributed by atoms with van der Waals surface area (Å²) in [6.45, 7) is 7.52. The molecule has 0 amide bonds. The number of nitrogens with zero attached hydrogens (tertiary/aromatic N) is 3. The van der Waals surface area contributed by atoms with Crippen LogP contribution in [-0.4, -0.2) is 9.97 Å². The van der Waals surface area contributed by atoms with E-state index in [0.717, 1.165) is 50.0 Å². The average molecular weight is 742 g/mol. The van der Waals surface area contributed by atoms with E-state index >= 15 is 0 Å². The van der Waals surface area contributed by atoms with Gasteiger partial charge in [-0.2, -0.15) is 0 Å². The molecular formula is C53H31N3S. The van der Waals surface area contributed by atoms with E-state index in [0.29, 0.717) is 11.5 Å². The number of thiophene rings is 1. The van der Waals surface area contributed by atoms with Gasteiger partial charge in [-0.25, -0.2) is 14.8 Å². The van der Waals surface area contributed by atoms with Crippen LogP contribution in [0.25, 0.3) is 113 Å². The van der Waals surface area contributed by atoms with E-state index in [4.69, 9.17) is 16.5 Å². The maximum Gasteiger partial charge on any atom is 0.187 e. The first-order valence-corrected chi connectivity index (χ1v) is 19.8. The van der Waals surface area contributed by atoms with E-state index in [9.17, 15) is 0 Å².